The minimum absolute atomic E-state index is 0.0720. The Morgan fingerprint density at radius 3 is 2.43 bits per heavy atom. The van der Waals surface area contributed by atoms with Gasteiger partial charge in [-0.3, -0.25) is 0 Å². The summed E-state index contributed by atoms with van der Waals surface area (Å²) in [5.74, 6) is 0.528. The number of aromatic hydroxyl groups is 2. The lowest BCUT2D eigenvalue weighted by atomic mass is 9.93. The summed E-state index contributed by atoms with van der Waals surface area (Å²) in [6.45, 7) is 1.15. The van der Waals surface area contributed by atoms with E-state index in [1.54, 1.807) is 7.11 Å². The van der Waals surface area contributed by atoms with E-state index in [9.17, 15) is 10.2 Å². The van der Waals surface area contributed by atoms with E-state index < -0.39 is 5.60 Å². The Balaban J connectivity index is 1.95. The fraction of sp³-hybridized carbons (Fsp3) is 0.429. The summed E-state index contributed by atoms with van der Waals surface area (Å²) in [6, 6.07) is 4.12. The van der Waals surface area contributed by atoms with Crippen molar-refractivity contribution in [2.24, 2.45) is 0 Å². The van der Waals surface area contributed by atoms with Crippen molar-refractivity contribution in [2.75, 3.05) is 20.3 Å². The summed E-state index contributed by atoms with van der Waals surface area (Å²) in [5.41, 5.74) is -0.164. The molecular weight excluding hydrogens is 276 g/mol. The number of hydrogen-bond donors (Lipinski definition) is 2. The van der Waals surface area contributed by atoms with E-state index in [0.717, 1.165) is 0 Å². The molecule has 0 radical (unpaired) electrons. The van der Waals surface area contributed by atoms with Crippen LogP contribution in [0.15, 0.2) is 22.7 Å². The third-order valence-corrected chi connectivity index (χ3v) is 3.67. The Morgan fingerprint density at radius 1 is 1.14 bits per heavy atom. The lowest BCUT2D eigenvalue weighted by molar-refractivity contribution is -0.101. The number of phenols is 2. The minimum Gasteiger partial charge on any atom is -0.508 e. The first kappa shape index (κ1) is 13.8. The summed E-state index contributed by atoms with van der Waals surface area (Å²) >= 11 is 0. The number of nitrogens with zero attached hydrogens (tertiary/aromatic N) is 2. The van der Waals surface area contributed by atoms with Crippen LogP contribution in [0.3, 0.4) is 0 Å². The average Bonchev–Trinajstić information content (AvgIpc) is 2.97. The summed E-state index contributed by atoms with van der Waals surface area (Å²) in [6.07, 6.45) is 1.29. The highest BCUT2D eigenvalue weighted by Crippen LogP contribution is 2.35. The quantitative estimate of drug-likeness (QED) is 0.890. The molecule has 112 valence electrons. The maximum atomic E-state index is 9.52. The van der Waals surface area contributed by atoms with Crippen LogP contribution in [0.2, 0.25) is 0 Å². The van der Waals surface area contributed by atoms with Crippen molar-refractivity contribution in [1.82, 2.24) is 10.1 Å². The van der Waals surface area contributed by atoms with E-state index in [2.05, 4.69) is 10.1 Å². The lowest BCUT2D eigenvalue weighted by Crippen LogP contribution is -2.36. The van der Waals surface area contributed by atoms with Gasteiger partial charge in [0.1, 0.15) is 17.1 Å². The molecule has 2 heterocycles. The molecule has 0 atom stereocenters. The highest BCUT2D eigenvalue weighted by atomic mass is 16.5. The number of aromatic nitrogens is 2. The van der Waals surface area contributed by atoms with Crippen LogP contribution in [0.5, 0.6) is 11.5 Å². The van der Waals surface area contributed by atoms with E-state index in [4.69, 9.17) is 14.0 Å². The maximum absolute atomic E-state index is 9.52. The van der Waals surface area contributed by atoms with Gasteiger partial charge in [0.25, 0.3) is 5.89 Å². The Hall–Kier alpha value is -2.12. The number of rotatable bonds is 3. The topological polar surface area (TPSA) is 97.8 Å². The second-order valence-corrected chi connectivity index (χ2v) is 4.97. The van der Waals surface area contributed by atoms with E-state index in [1.165, 1.54) is 18.2 Å². The van der Waals surface area contributed by atoms with Crippen LogP contribution in [-0.2, 0) is 15.1 Å². The van der Waals surface area contributed by atoms with Gasteiger partial charge in [-0.05, 0) is 12.1 Å². The number of benzene rings is 1. The third kappa shape index (κ3) is 2.57. The van der Waals surface area contributed by atoms with Crippen LogP contribution >= 0.6 is 0 Å². The Bertz CT molecular complexity index is 614. The maximum Gasteiger partial charge on any atom is 0.258 e. The molecule has 3 rings (SSSR count). The Kier molecular flexibility index (Phi) is 3.52. The van der Waals surface area contributed by atoms with Crippen LogP contribution in [0.4, 0.5) is 0 Å². The van der Waals surface area contributed by atoms with Crippen molar-refractivity contribution >= 4 is 0 Å². The Morgan fingerprint density at radius 2 is 1.81 bits per heavy atom. The number of ether oxygens (including phenoxy) is 2. The van der Waals surface area contributed by atoms with Gasteiger partial charge in [-0.25, -0.2) is 0 Å². The van der Waals surface area contributed by atoms with Crippen LogP contribution in [0, 0.1) is 0 Å². The van der Waals surface area contributed by atoms with Crippen molar-refractivity contribution in [2.45, 2.75) is 18.4 Å². The first-order valence-electron chi connectivity index (χ1n) is 6.63. The molecule has 2 aromatic rings. The normalized spacial score (nSPS) is 17.8. The molecule has 7 nitrogen and oxygen atoms in total. The number of methoxy groups -OCH3 is 1. The average molecular weight is 292 g/mol. The summed E-state index contributed by atoms with van der Waals surface area (Å²) in [5, 5.41) is 23.0. The van der Waals surface area contributed by atoms with Crippen molar-refractivity contribution in [3.63, 3.8) is 0 Å². The molecular formula is C14H16N2O5. The van der Waals surface area contributed by atoms with Crippen LogP contribution < -0.4 is 0 Å². The zero-order valence-corrected chi connectivity index (χ0v) is 11.6. The molecule has 21 heavy (non-hydrogen) atoms. The summed E-state index contributed by atoms with van der Waals surface area (Å²) in [7, 11) is 1.61. The molecule has 0 unspecified atom stereocenters. The van der Waals surface area contributed by atoms with Crippen molar-refractivity contribution < 1.29 is 24.2 Å². The summed E-state index contributed by atoms with van der Waals surface area (Å²) in [4.78, 5) is 4.35. The SMILES string of the molecule is COC1(c2noc(-c3cc(O)cc(O)c3)n2)CCOCC1. The van der Waals surface area contributed by atoms with Gasteiger partial charge in [-0.2, -0.15) is 4.98 Å². The molecule has 1 aliphatic rings. The molecule has 0 spiro atoms. The molecule has 1 saturated heterocycles. The predicted octanol–water partition coefficient (Wildman–Crippen LogP) is 1.80. The van der Waals surface area contributed by atoms with Gasteiger partial charge >= 0.3 is 0 Å². The second kappa shape index (κ2) is 5.34. The molecule has 1 aromatic carbocycles. The molecule has 2 N–H and O–H groups in total. The van der Waals surface area contributed by atoms with Crippen LogP contribution in [0.25, 0.3) is 11.5 Å². The van der Waals surface area contributed by atoms with Crippen molar-refractivity contribution in [1.29, 1.82) is 0 Å². The zero-order chi connectivity index (χ0) is 14.9. The molecule has 0 bridgehead atoms. The van der Waals surface area contributed by atoms with Gasteiger partial charge in [0.15, 0.2) is 0 Å². The van der Waals surface area contributed by atoms with Crippen LogP contribution in [-0.4, -0.2) is 40.7 Å². The van der Waals surface area contributed by atoms with E-state index in [-0.39, 0.29) is 17.4 Å². The van der Waals surface area contributed by atoms with Crippen molar-refractivity contribution in [3.8, 4) is 23.0 Å². The molecule has 0 amide bonds. The second-order valence-electron chi connectivity index (χ2n) is 4.97. The zero-order valence-electron chi connectivity index (χ0n) is 11.6. The molecule has 1 aromatic heterocycles. The smallest absolute Gasteiger partial charge is 0.258 e. The summed E-state index contributed by atoms with van der Waals surface area (Å²) < 4.78 is 16.2. The Labute approximate surface area is 121 Å². The first-order chi connectivity index (χ1) is 10.1. The van der Waals surface area contributed by atoms with Gasteiger partial charge in [-0.1, -0.05) is 5.16 Å². The van der Waals surface area contributed by atoms with E-state index >= 15 is 0 Å². The van der Waals surface area contributed by atoms with Gasteiger partial charge in [0, 0.05) is 44.8 Å². The first-order valence-corrected chi connectivity index (χ1v) is 6.63. The van der Waals surface area contributed by atoms with E-state index in [0.29, 0.717) is 37.4 Å². The monoisotopic (exact) mass is 292 g/mol. The molecule has 0 aliphatic carbocycles. The molecule has 0 saturated carbocycles. The van der Waals surface area contributed by atoms with Gasteiger partial charge in [0.05, 0.1) is 0 Å². The molecule has 1 aliphatic heterocycles. The van der Waals surface area contributed by atoms with Gasteiger partial charge in [-0.15, -0.1) is 0 Å². The number of hydrogen-bond acceptors (Lipinski definition) is 7. The highest BCUT2D eigenvalue weighted by Gasteiger charge is 2.39. The van der Waals surface area contributed by atoms with Gasteiger partial charge in [0.2, 0.25) is 5.82 Å². The molecule has 7 heteroatoms. The lowest BCUT2D eigenvalue weighted by Gasteiger charge is -2.32. The number of phenolic OH excluding ortho intramolecular Hbond substituents is 2. The van der Waals surface area contributed by atoms with E-state index in [1.807, 2.05) is 0 Å². The fourth-order valence-corrected chi connectivity index (χ4v) is 2.46. The molecule has 1 fully saturated rings. The standard InChI is InChI=1S/C14H16N2O5/c1-19-14(2-4-20-5-3-14)13-15-12(21-16-13)9-6-10(17)8-11(18)7-9/h6-8,17-18H,2-5H2,1H3. The predicted molar refractivity (Wildman–Crippen MR) is 71.8 cm³/mol. The highest BCUT2D eigenvalue weighted by molar-refractivity contribution is 5.58. The van der Waals surface area contributed by atoms with Gasteiger partial charge < -0.3 is 24.2 Å². The fourth-order valence-electron chi connectivity index (χ4n) is 2.46. The minimum atomic E-state index is -0.612. The van der Waals surface area contributed by atoms with Crippen molar-refractivity contribution in [3.05, 3.63) is 24.0 Å². The largest absolute Gasteiger partial charge is 0.508 e. The van der Waals surface area contributed by atoms with Crippen LogP contribution in [0.1, 0.15) is 18.7 Å². The third-order valence-electron chi connectivity index (χ3n) is 3.67.